The minimum Gasteiger partial charge on any atom is -0.0888 e. The Hall–Kier alpha value is -0.260. The third kappa shape index (κ3) is 7.09. The van der Waals surface area contributed by atoms with Gasteiger partial charge < -0.3 is 0 Å². The first-order valence-electron chi connectivity index (χ1n) is 7.28. The van der Waals surface area contributed by atoms with E-state index in [1.165, 1.54) is 38.5 Å². The highest BCUT2D eigenvalue weighted by molar-refractivity contribution is 4.80. The average molecular weight is 224 g/mol. The van der Waals surface area contributed by atoms with Crippen LogP contribution < -0.4 is 0 Å². The van der Waals surface area contributed by atoms with Gasteiger partial charge in [0.05, 0.1) is 0 Å². The summed E-state index contributed by atoms with van der Waals surface area (Å²) in [6.07, 6.45) is 12.6. The van der Waals surface area contributed by atoms with Crippen LogP contribution in [-0.4, -0.2) is 0 Å². The zero-order chi connectivity index (χ0) is 12.4. The lowest BCUT2D eigenvalue weighted by atomic mass is 9.79. The van der Waals surface area contributed by atoms with E-state index >= 15 is 0 Å². The van der Waals surface area contributed by atoms with Crippen LogP contribution in [0.4, 0.5) is 0 Å². The Bertz CT molecular complexity index is 167. The van der Waals surface area contributed by atoms with E-state index in [2.05, 4.69) is 46.8 Å². The molecule has 0 bridgehead atoms. The summed E-state index contributed by atoms with van der Waals surface area (Å²) in [5.74, 6) is 2.66. The highest BCUT2D eigenvalue weighted by atomic mass is 14.2. The second kappa shape index (κ2) is 9.93. The van der Waals surface area contributed by atoms with Gasteiger partial charge in [0.1, 0.15) is 0 Å². The summed E-state index contributed by atoms with van der Waals surface area (Å²) in [7, 11) is 0. The van der Waals surface area contributed by atoms with E-state index in [-0.39, 0.29) is 0 Å². The van der Waals surface area contributed by atoms with Crippen molar-refractivity contribution < 1.29 is 0 Å². The third-order valence-electron chi connectivity index (χ3n) is 3.80. The van der Waals surface area contributed by atoms with Crippen LogP contribution in [0.15, 0.2) is 12.2 Å². The first kappa shape index (κ1) is 15.7. The van der Waals surface area contributed by atoms with Crippen LogP contribution in [0.3, 0.4) is 0 Å². The molecular formula is C16H32. The van der Waals surface area contributed by atoms with E-state index in [0.29, 0.717) is 0 Å². The molecule has 0 saturated carbocycles. The first-order chi connectivity index (χ1) is 7.63. The van der Waals surface area contributed by atoms with Crippen molar-refractivity contribution >= 4 is 0 Å². The van der Waals surface area contributed by atoms with Gasteiger partial charge in [-0.25, -0.2) is 0 Å². The van der Waals surface area contributed by atoms with Gasteiger partial charge in [-0.3, -0.25) is 0 Å². The maximum absolute atomic E-state index is 2.44. The Balaban J connectivity index is 3.89. The number of hydrogen-bond donors (Lipinski definition) is 0. The van der Waals surface area contributed by atoms with Crippen LogP contribution in [0, 0.1) is 17.8 Å². The summed E-state index contributed by atoms with van der Waals surface area (Å²) in [6.45, 7) is 11.7. The molecule has 0 nitrogen and oxygen atoms in total. The quantitative estimate of drug-likeness (QED) is 0.341. The molecule has 0 aliphatic carbocycles. The molecule has 0 aromatic carbocycles. The molecule has 0 heteroatoms. The fourth-order valence-electron chi connectivity index (χ4n) is 2.37. The summed E-state index contributed by atoms with van der Waals surface area (Å²) in [5, 5.41) is 0. The number of rotatable bonds is 9. The Morgan fingerprint density at radius 1 is 0.938 bits per heavy atom. The molecular weight excluding hydrogens is 192 g/mol. The monoisotopic (exact) mass is 224 g/mol. The van der Waals surface area contributed by atoms with Crippen molar-refractivity contribution in [2.24, 2.45) is 17.8 Å². The highest BCUT2D eigenvalue weighted by Gasteiger charge is 2.18. The van der Waals surface area contributed by atoms with Crippen LogP contribution in [-0.2, 0) is 0 Å². The first-order valence-corrected chi connectivity index (χ1v) is 7.28. The Kier molecular flexibility index (Phi) is 9.77. The number of unbranched alkanes of at least 4 members (excludes halogenated alkanes) is 1. The molecule has 2 unspecified atom stereocenters. The van der Waals surface area contributed by atoms with Crippen LogP contribution in [0.5, 0.6) is 0 Å². The highest BCUT2D eigenvalue weighted by Crippen LogP contribution is 2.28. The van der Waals surface area contributed by atoms with Crippen LogP contribution in [0.1, 0.15) is 73.1 Å². The molecule has 0 radical (unpaired) electrons. The van der Waals surface area contributed by atoms with Gasteiger partial charge in [0.2, 0.25) is 0 Å². The van der Waals surface area contributed by atoms with Crippen molar-refractivity contribution in [3.63, 3.8) is 0 Å². The molecule has 96 valence electrons. The summed E-state index contributed by atoms with van der Waals surface area (Å²) in [5.41, 5.74) is 0. The van der Waals surface area contributed by atoms with Gasteiger partial charge in [-0.1, -0.05) is 59.6 Å². The molecule has 0 heterocycles. The molecule has 0 aliphatic rings. The largest absolute Gasteiger partial charge is 0.0888 e. The van der Waals surface area contributed by atoms with Gasteiger partial charge in [0.15, 0.2) is 0 Å². The van der Waals surface area contributed by atoms with Gasteiger partial charge >= 0.3 is 0 Å². The molecule has 0 amide bonds. The van der Waals surface area contributed by atoms with Crippen molar-refractivity contribution in [1.29, 1.82) is 0 Å². The normalized spacial score (nSPS) is 15.9. The Morgan fingerprint density at radius 2 is 1.62 bits per heavy atom. The fourth-order valence-corrected chi connectivity index (χ4v) is 2.37. The number of hydrogen-bond acceptors (Lipinski definition) is 0. The lowest BCUT2D eigenvalue weighted by Gasteiger charge is -2.26. The van der Waals surface area contributed by atoms with E-state index in [1.807, 2.05) is 0 Å². The number of allylic oxidation sites excluding steroid dienone is 2. The topological polar surface area (TPSA) is 0 Å². The molecule has 16 heavy (non-hydrogen) atoms. The minimum atomic E-state index is 0.836. The summed E-state index contributed by atoms with van der Waals surface area (Å²) < 4.78 is 0. The minimum absolute atomic E-state index is 0.836. The smallest absolute Gasteiger partial charge is 0.0351 e. The van der Waals surface area contributed by atoms with Crippen molar-refractivity contribution in [1.82, 2.24) is 0 Å². The Labute approximate surface area is 104 Å². The molecule has 0 spiro atoms. The third-order valence-corrected chi connectivity index (χ3v) is 3.80. The maximum Gasteiger partial charge on any atom is -0.0351 e. The maximum atomic E-state index is 2.44. The molecule has 0 aliphatic heterocycles. The summed E-state index contributed by atoms with van der Waals surface area (Å²) in [4.78, 5) is 0. The van der Waals surface area contributed by atoms with Gasteiger partial charge in [-0.2, -0.15) is 0 Å². The van der Waals surface area contributed by atoms with Gasteiger partial charge in [0, 0.05) is 0 Å². The van der Waals surface area contributed by atoms with Gasteiger partial charge in [-0.15, -0.1) is 0 Å². The Morgan fingerprint density at radius 3 is 2.12 bits per heavy atom. The predicted octanol–water partition coefficient (Wildman–Crippen LogP) is 5.83. The fraction of sp³-hybridized carbons (Fsp3) is 0.875. The van der Waals surface area contributed by atoms with Crippen molar-refractivity contribution in [3.8, 4) is 0 Å². The lowest BCUT2D eigenvalue weighted by molar-refractivity contribution is 0.243. The van der Waals surface area contributed by atoms with Gasteiger partial charge in [-0.05, 0) is 43.4 Å². The van der Waals surface area contributed by atoms with Crippen molar-refractivity contribution in [2.75, 3.05) is 0 Å². The van der Waals surface area contributed by atoms with Crippen molar-refractivity contribution in [2.45, 2.75) is 73.1 Å². The van der Waals surface area contributed by atoms with Crippen molar-refractivity contribution in [3.05, 3.63) is 12.2 Å². The standard InChI is InChI=1S/C16H32/c1-6-8-9-10-11-13-16(12-7-2)15(5)14(3)4/h8-9,14-16H,6-7,10-13H2,1-5H3. The molecule has 0 N–H and O–H groups in total. The molecule has 0 saturated heterocycles. The molecule has 2 atom stereocenters. The van der Waals surface area contributed by atoms with E-state index in [4.69, 9.17) is 0 Å². The van der Waals surface area contributed by atoms with Crippen LogP contribution >= 0.6 is 0 Å². The van der Waals surface area contributed by atoms with Crippen LogP contribution in [0.2, 0.25) is 0 Å². The summed E-state index contributed by atoms with van der Waals surface area (Å²) >= 11 is 0. The predicted molar refractivity (Wildman–Crippen MR) is 75.7 cm³/mol. The molecule has 0 aromatic heterocycles. The molecule has 0 rings (SSSR count). The second-order valence-electron chi connectivity index (χ2n) is 5.46. The van der Waals surface area contributed by atoms with E-state index in [0.717, 1.165) is 17.8 Å². The zero-order valence-corrected chi connectivity index (χ0v) is 12.1. The zero-order valence-electron chi connectivity index (χ0n) is 12.1. The summed E-state index contributed by atoms with van der Waals surface area (Å²) in [6, 6.07) is 0. The SMILES string of the molecule is CCC=CCCCC(CCC)C(C)C(C)C. The lowest BCUT2D eigenvalue weighted by Crippen LogP contribution is -2.17. The van der Waals surface area contributed by atoms with Crippen LogP contribution in [0.25, 0.3) is 0 Å². The average Bonchev–Trinajstić information content (AvgIpc) is 2.26. The van der Waals surface area contributed by atoms with Gasteiger partial charge in [0.25, 0.3) is 0 Å². The molecule has 0 aromatic rings. The van der Waals surface area contributed by atoms with E-state index in [9.17, 15) is 0 Å². The van der Waals surface area contributed by atoms with E-state index in [1.54, 1.807) is 0 Å². The molecule has 0 fully saturated rings. The second-order valence-corrected chi connectivity index (χ2v) is 5.46. The van der Waals surface area contributed by atoms with E-state index < -0.39 is 0 Å².